The number of hydrogen-bond acceptors (Lipinski definition) is 3. The first-order valence-electron chi connectivity index (χ1n) is 5.99. The third-order valence-electron chi connectivity index (χ3n) is 2.98. The molecule has 0 bridgehead atoms. The van der Waals surface area contributed by atoms with Crippen LogP contribution in [0, 0.1) is 11.8 Å². The molecule has 0 aliphatic rings. The molecule has 0 radical (unpaired) electrons. The van der Waals surface area contributed by atoms with Gasteiger partial charge in [0.05, 0.1) is 6.54 Å². The second kappa shape index (κ2) is 6.54. The molecule has 0 aromatic carbocycles. The number of carboxylic acid groups (broad SMARTS) is 1. The molecule has 1 amide bonds. The molecule has 0 saturated carbocycles. The maximum Gasteiger partial charge on any atom is 0.345 e. The topological polar surface area (TPSA) is 66.4 Å². The van der Waals surface area contributed by atoms with Crippen LogP contribution in [0.1, 0.15) is 41.7 Å². The maximum atomic E-state index is 11.6. The molecule has 0 aliphatic heterocycles. The molecule has 0 fully saturated rings. The van der Waals surface area contributed by atoms with Crippen LogP contribution in [0.25, 0.3) is 0 Å². The third kappa shape index (κ3) is 4.49. The molecular weight excluding hydrogens is 250 g/mol. The number of carboxylic acids is 1. The summed E-state index contributed by atoms with van der Waals surface area (Å²) >= 11 is 1.19. The van der Waals surface area contributed by atoms with Crippen molar-refractivity contribution < 1.29 is 14.7 Å². The third-order valence-corrected chi connectivity index (χ3v) is 4.05. The Balaban J connectivity index is 2.40. The second-order valence-corrected chi connectivity index (χ2v) is 5.94. The molecule has 5 heteroatoms. The Morgan fingerprint density at radius 2 is 2.00 bits per heavy atom. The molecule has 1 aromatic rings. The van der Waals surface area contributed by atoms with E-state index in [0.717, 1.165) is 4.88 Å². The lowest BCUT2D eigenvalue weighted by molar-refractivity contribution is -0.122. The van der Waals surface area contributed by atoms with E-state index in [-0.39, 0.29) is 5.91 Å². The van der Waals surface area contributed by atoms with E-state index in [1.54, 1.807) is 12.1 Å². The molecule has 0 saturated heterocycles. The highest BCUT2D eigenvalue weighted by molar-refractivity contribution is 7.13. The lowest BCUT2D eigenvalue weighted by Crippen LogP contribution is -2.25. The minimum Gasteiger partial charge on any atom is -0.477 e. The summed E-state index contributed by atoms with van der Waals surface area (Å²) in [6.07, 6.45) is 0.509. The normalized spacial score (nSPS) is 12.4. The number of hydrogen-bond donors (Lipinski definition) is 2. The summed E-state index contributed by atoms with van der Waals surface area (Å²) in [6, 6.07) is 3.30. The molecule has 18 heavy (non-hydrogen) atoms. The average molecular weight is 269 g/mol. The summed E-state index contributed by atoms with van der Waals surface area (Å²) in [5, 5.41) is 11.6. The van der Waals surface area contributed by atoms with E-state index in [2.05, 4.69) is 26.1 Å². The fourth-order valence-electron chi connectivity index (χ4n) is 1.37. The van der Waals surface area contributed by atoms with Gasteiger partial charge in [-0.15, -0.1) is 11.3 Å². The van der Waals surface area contributed by atoms with Crippen molar-refractivity contribution in [1.82, 2.24) is 5.32 Å². The fraction of sp³-hybridized carbons (Fsp3) is 0.538. The van der Waals surface area contributed by atoms with Crippen molar-refractivity contribution in [2.45, 2.75) is 33.7 Å². The molecule has 1 unspecified atom stereocenters. The van der Waals surface area contributed by atoms with Crippen molar-refractivity contribution >= 4 is 23.2 Å². The Bertz CT molecular complexity index is 426. The number of carbonyl (C=O) groups excluding carboxylic acids is 1. The number of carbonyl (C=O) groups is 2. The van der Waals surface area contributed by atoms with Crippen LogP contribution in [0.2, 0.25) is 0 Å². The minimum atomic E-state index is -0.925. The highest BCUT2D eigenvalue weighted by Gasteiger charge is 2.13. The van der Waals surface area contributed by atoms with Gasteiger partial charge in [0.15, 0.2) is 0 Å². The lowest BCUT2D eigenvalue weighted by atomic mass is 9.94. The van der Waals surface area contributed by atoms with Crippen LogP contribution < -0.4 is 5.32 Å². The Morgan fingerprint density at radius 1 is 1.33 bits per heavy atom. The van der Waals surface area contributed by atoms with E-state index in [1.807, 2.05) is 0 Å². The SMILES string of the molecule is CC(C)C(C)CC(=O)NCc1ccc(C(=O)O)s1. The van der Waals surface area contributed by atoms with Gasteiger partial charge in [-0.3, -0.25) is 4.79 Å². The summed E-state index contributed by atoms with van der Waals surface area (Å²) in [7, 11) is 0. The average Bonchev–Trinajstić information content (AvgIpc) is 2.74. The molecule has 4 nitrogen and oxygen atoms in total. The van der Waals surface area contributed by atoms with Crippen molar-refractivity contribution in [3.8, 4) is 0 Å². The van der Waals surface area contributed by atoms with Crippen LogP contribution in [0.5, 0.6) is 0 Å². The van der Waals surface area contributed by atoms with Crippen LogP contribution in [0.3, 0.4) is 0 Å². The van der Waals surface area contributed by atoms with Gasteiger partial charge in [0, 0.05) is 11.3 Å². The van der Waals surface area contributed by atoms with Crippen molar-refractivity contribution in [3.05, 3.63) is 21.9 Å². The second-order valence-electron chi connectivity index (χ2n) is 4.77. The monoisotopic (exact) mass is 269 g/mol. The maximum absolute atomic E-state index is 11.6. The fourth-order valence-corrected chi connectivity index (χ4v) is 2.16. The van der Waals surface area contributed by atoms with Crippen LogP contribution in [0.4, 0.5) is 0 Å². The molecular formula is C13H19NO3S. The van der Waals surface area contributed by atoms with Crippen molar-refractivity contribution in [3.63, 3.8) is 0 Å². The molecule has 1 rings (SSSR count). The van der Waals surface area contributed by atoms with E-state index < -0.39 is 5.97 Å². The summed E-state index contributed by atoms with van der Waals surface area (Å²) < 4.78 is 0. The van der Waals surface area contributed by atoms with Gasteiger partial charge in [-0.1, -0.05) is 20.8 Å². The Hall–Kier alpha value is -1.36. The summed E-state index contributed by atoms with van der Waals surface area (Å²) in [5.41, 5.74) is 0. The van der Waals surface area contributed by atoms with Gasteiger partial charge in [0.2, 0.25) is 5.91 Å². The van der Waals surface area contributed by atoms with Gasteiger partial charge in [-0.05, 0) is 24.0 Å². The molecule has 100 valence electrons. The quantitative estimate of drug-likeness (QED) is 0.834. The smallest absolute Gasteiger partial charge is 0.345 e. The van der Waals surface area contributed by atoms with Gasteiger partial charge in [0.25, 0.3) is 0 Å². The van der Waals surface area contributed by atoms with Crippen molar-refractivity contribution in [2.24, 2.45) is 11.8 Å². The van der Waals surface area contributed by atoms with Gasteiger partial charge >= 0.3 is 5.97 Å². The van der Waals surface area contributed by atoms with Crippen LogP contribution in [-0.4, -0.2) is 17.0 Å². The predicted octanol–water partition coefficient (Wildman–Crippen LogP) is 2.74. The van der Waals surface area contributed by atoms with Crippen LogP contribution >= 0.6 is 11.3 Å². The largest absolute Gasteiger partial charge is 0.477 e. The number of amides is 1. The highest BCUT2D eigenvalue weighted by atomic mass is 32.1. The molecule has 2 N–H and O–H groups in total. The van der Waals surface area contributed by atoms with E-state index >= 15 is 0 Å². The molecule has 0 aliphatic carbocycles. The van der Waals surface area contributed by atoms with E-state index in [1.165, 1.54) is 11.3 Å². The van der Waals surface area contributed by atoms with Gasteiger partial charge in [0.1, 0.15) is 4.88 Å². The van der Waals surface area contributed by atoms with E-state index in [0.29, 0.717) is 29.7 Å². The van der Waals surface area contributed by atoms with E-state index in [9.17, 15) is 9.59 Å². The molecule has 1 heterocycles. The number of nitrogens with one attached hydrogen (secondary N) is 1. The van der Waals surface area contributed by atoms with Crippen molar-refractivity contribution in [2.75, 3.05) is 0 Å². The van der Waals surface area contributed by atoms with Crippen LogP contribution in [0.15, 0.2) is 12.1 Å². The summed E-state index contributed by atoms with van der Waals surface area (Å²) in [6.45, 7) is 6.65. The molecule has 1 atom stereocenters. The summed E-state index contributed by atoms with van der Waals surface area (Å²) in [4.78, 5) is 23.5. The predicted molar refractivity (Wildman–Crippen MR) is 71.7 cm³/mol. The number of aromatic carboxylic acids is 1. The first kappa shape index (κ1) is 14.7. The molecule has 0 spiro atoms. The van der Waals surface area contributed by atoms with Crippen molar-refractivity contribution in [1.29, 1.82) is 0 Å². The van der Waals surface area contributed by atoms with Crippen LogP contribution in [-0.2, 0) is 11.3 Å². The minimum absolute atomic E-state index is 0.0153. The Labute approximate surface area is 111 Å². The Kier molecular flexibility index (Phi) is 5.34. The van der Waals surface area contributed by atoms with Gasteiger partial charge < -0.3 is 10.4 Å². The number of thiophene rings is 1. The molecule has 1 aromatic heterocycles. The highest BCUT2D eigenvalue weighted by Crippen LogP contribution is 2.17. The lowest BCUT2D eigenvalue weighted by Gasteiger charge is -2.14. The zero-order chi connectivity index (χ0) is 13.7. The number of rotatable bonds is 6. The van der Waals surface area contributed by atoms with Gasteiger partial charge in [-0.25, -0.2) is 4.79 Å². The standard InChI is InChI=1S/C13H19NO3S/c1-8(2)9(3)6-12(15)14-7-10-4-5-11(18-10)13(16)17/h4-5,8-9H,6-7H2,1-3H3,(H,14,15)(H,16,17). The zero-order valence-corrected chi connectivity index (χ0v) is 11.7. The first-order chi connectivity index (χ1) is 8.40. The first-order valence-corrected chi connectivity index (χ1v) is 6.80. The zero-order valence-electron chi connectivity index (χ0n) is 10.9. The Morgan fingerprint density at radius 3 is 2.50 bits per heavy atom. The summed E-state index contributed by atoms with van der Waals surface area (Å²) in [5.74, 6) is -0.0773. The van der Waals surface area contributed by atoms with E-state index in [4.69, 9.17) is 5.11 Å². The van der Waals surface area contributed by atoms with Gasteiger partial charge in [-0.2, -0.15) is 0 Å².